The van der Waals surface area contributed by atoms with Crippen LogP contribution < -0.4 is 25.8 Å². The predicted molar refractivity (Wildman–Crippen MR) is 185 cm³/mol. The number of nitrogens with one attached hydrogen (secondary N) is 2. The average molecular weight is 660 g/mol. The summed E-state index contributed by atoms with van der Waals surface area (Å²) < 4.78 is 19.4. The number of morpholine rings is 1. The van der Waals surface area contributed by atoms with E-state index in [-0.39, 0.29) is 6.10 Å². The Kier molecular flexibility index (Phi) is 12.2. The molecule has 13 heteroatoms. The molecule has 1 saturated heterocycles. The highest BCUT2D eigenvalue weighted by Gasteiger charge is 2.40. The first kappa shape index (κ1) is 35.1. The molecule has 13 nitrogen and oxygen atoms in total. The van der Waals surface area contributed by atoms with Gasteiger partial charge in [-0.25, -0.2) is 9.97 Å². The minimum Gasteiger partial charge on any atom is -0.487 e. The molecule has 3 heterocycles. The first-order valence-electron chi connectivity index (χ1n) is 17.1. The Labute approximate surface area is 282 Å². The topological polar surface area (TPSA) is 178 Å². The lowest BCUT2D eigenvalue weighted by Crippen LogP contribution is -2.41. The highest BCUT2D eigenvalue weighted by molar-refractivity contribution is 5.67. The molecule has 2 saturated carbocycles. The molecular formula is C35H49N9O4. The Bertz CT molecular complexity index is 1520. The molecule has 2 aliphatic carbocycles. The number of ether oxygens (including phenoxy) is 3. The van der Waals surface area contributed by atoms with Gasteiger partial charge in [0.05, 0.1) is 55.1 Å². The van der Waals surface area contributed by atoms with Gasteiger partial charge in [-0.1, -0.05) is 25.3 Å². The van der Waals surface area contributed by atoms with Crippen LogP contribution in [0.2, 0.25) is 0 Å². The van der Waals surface area contributed by atoms with E-state index in [9.17, 15) is 10.4 Å². The van der Waals surface area contributed by atoms with Crippen molar-refractivity contribution in [3.8, 4) is 28.8 Å². The number of nitrogens with zero attached hydrogens (tertiary/aromatic N) is 6. The highest BCUT2D eigenvalue weighted by Crippen LogP contribution is 2.39. The molecule has 0 bridgehead atoms. The van der Waals surface area contributed by atoms with E-state index < -0.39 is 5.60 Å². The molecule has 0 radical (unpaired) electrons. The molecule has 5 N–H and O–H groups in total. The van der Waals surface area contributed by atoms with E-state index in [4.69, 9.17) is 25.0 Å². The Morgan fingerprint density at radius 3 is 2.54 bits per heavy atom. The molecule has 258 valence electrons. The standard InChI is InChI=1S/C29H36N8O3.C6H13NO/c1-20(15-32-19-31)40-26-13-21(7-8-22(26)14-30)23-16-33-28(34-17-23)35-25-18-37(24-5-3-2-4-6-24)36-27(25)39-12-11-29(38)9-10-29;1-5-3-7-4-6(2)8-5/h7-8,13,16-20,24,38H,2-6,9-12,15H2,1H3,(H2,31,32)(H,33,34,35);5-7H,3-4H2,1-2H3. The van der Waals surface area contributed by atoms with Crippen LogP contribution in [0.5, 0.6) is 11.6 Å². The largest absolute Gasteiger partial charge is 0.487 e. The Morgan fingerprint density at radius 1 is 1.19 bits per heavy atom. The number of rotatable bonds is 12. The monoisotopic (exact) mass is 659 g/mol. The maximum Gasteiger partial charge on any atom is 0.256 e. The summed E-state index contributed by atoms with van der Waals surface area (Å²) in [6.07, 6.45) is 15.3. The van der Waals surface area contributed by atoms with E-state index >= 15 is 0 Å². The lowest BCUT2D eigenvalue weighted by atomic mass is 9.96. The van der Waals surface area contributed by atoms with E-state index in [1.807, 2.05) is 23.9 Å². The molecule has 6 rings (SSSR count). The second-order valence-corrected chi connectivity index (χ2v) is 13.0. The summed E-state index contributed by atoms with van der Waals surface area (Å²) in [5, 5.41) is 31.0. The summed E-state index contributed by atoms with van der Waals surface area (Å²) in [6.45, 7) is 8.83. The van der Waals surface area contributed by atoms with Crippen LogP contribution in [0.4, 0.5) is 11.6 Å². The zero-order chi connectivity index (χ0) is 33.9. The number of anilines is 2. The number of hydrogen-bond donors (Lipinski definition) is 4. The van der Waals surface area contributed by atoms with Crippen molar-refractivity contribution in [2.75, 3.05) is 31.6 Å². The average Bonchev–Trinajstić information content (AvgIpc) is 3.70. The zero-order valence-corrected chi connectivity index (χ0v) is 28.3. The summed E-state index contributed by atoms with van der Waals surface area (Å²) in [7, 11) is 0. The minimum absolute atomic E-state index is 0.247. The Morgan fingerprint density at radius 2 is 1.92 bits per heavy atom. The number of benzene rings is 1. The maximum absolute atomic E-state index is 10.2. The van der Waals surface area contributed by atoms with Crippen LogP contribution in [-0.2, 0) is 4.74 Å². The maximum atomic E-state index is 10.2. The molecular weight excluding hydrogens is 610 g/mol. The second kappa shape index (κ2) is 16.7. The Hall–Kier alpha value is -4.25. The van der Waals surface area contributed by atoms with E-state index in [1.54, 1.807) is 24.5 Å². The number of nitriles is 1. The SMILES string of the molecule is CC(CN=CN)Oc1cc(-c2cnc(Nc3cn(C4CCCCC4)nc3OCCC3(O)CC3)nc2)ccc1C#N.CC1CNCC(C)O1. The van der Waals surface area contributed by atoms with Crippen molar-refractivity contribution in [1.82, 2.24) is 25.1 Å². The van der Waals surface area contributed by atoms with Gasteiger partial charge in [-0.2, -0.15) is 5.26 Å². The van der Waals surface area contributed by atoms with Crippen LogP contribution in [0.1, 0.15) is 83.7 Å². The molecule has 3 aliphatic rings. The summed E-state index contributed by atoms with van der Waals surface area (Å²) in [5.41, 5.74) is 7.48. The Balaban J connectivity index is 0.000000494. The number of aromatic nitrogens is 4. The van der Waals surface area contributed by atoms with Crippen LogP contribution in [0.3, 0.4) is 0 Å². The van der Waals surface area contributed by atoms with Gasteiger partial charge in [0.15, 0.2) is 0 Å². The third-order valence-corrected chi connectivity index (χ3v) is 8.74. The van der Waals surface area contributed by atoms with Gasteiger partial charge in [0.25, 0.3) is 5.88 Å². The van der Waals surface area contributed by atoms with Crippen molar-refractivity contribution in [2.24, 2.45) is 10.7 Å². The van der Waals surface area contributed by atoms with Gasteiger partial charge in [0.1, 0.15) is 23.6 Å². The van der Waals surface area contributed by atoms with Crippen molar-refractivity contribution < 1.29 is 19.3 Å². The molecule has 1 aromatic carbocycles. The van der Waals surface area contributed by atoms with Crippen LogP contribution >= 0.6 is 0 Å². The van der Waals surface area contributed by atoms with Gasteiger partial charge in [0.2, 0.25) is 5.95 Å². The van der Waals surface area contributed by atoms with Crippen LogP contribution in [0.25, 0.3) is 11.1 Å². The molecule has 3 unspecified atom stereocenters. The minimum atomic E-state index is -0.578. The fourth-order valence-corrected chi connectivity index (χ4v) is 5.83. The van der Waals surface area contributed by atoms with Gasteiger partial charge in [-0.3, -0.25) is 9.67 Å². The van der Waals surface area contributed by atoms with Crippen molar-refractivity contribution in [1.29, 1.82) is 5.26 Å². The molecule has 1 aliphatic heterocycles. The number of hydrogen-bond acceptors (Lipinski definition) is 11. The molecule has 0 amide bonds. The van der Waals surface area contributed by atoms with Crippen LogP contribution in [0.15, 0.2) is 41.8 Å². The molecule has 2 aromatic heterocycles. The molecule has 3 fully saturated rings. The summed E-state index contributed by atoms with van der Waals surface area (Å²) in [6, 6.07) is 7.88. The van der Waals surface area contributed by atoms with Gasteiger partial charge in [-0.15, -0.1) is 5.10 Å². The van der Waals surface area contributed by atoms with Gasteiger partial charge in [-0.05, 0) is 64.2 Å². The van der Waals surface area contributed by atoms with Gasteiger partial charge in [0, 0.05) is 37.5 Å². The zero-order valence-electron chi connectivity index (χ0n) is 28.3. The van der Waals surface area contributed by atoms with Crippen molar-refractivity contribution in [3.05, 3.63) is 42.4 Å². The summed E-state index contributed by atoms with van der Waals surface area (Å²) in [5.74, 6) is 1.37. The first-order chi connectivity index (χ1) is 23.2. The van der Waals surface area contributed by atoms with Crippen molar-refractivity contribution >= 4 is 18.0 Å². The lowest BCUT2D eigenvalue weighted by Gasteiger charge is -2.25. The third-order valence-electron chi connectivity index (χ3n) is 8.74. The van der Waals surface area contributed by atoms with E-state index in [1.165, 1.54) is 25.6 Å². The summed E-state index contributed by atoms with van der Waals surface area (Å²) in [4.78, 5) is 13.0. The molecule has 48 heavy (non-hydrogen) atoms. The number of aliphatic imine (C=N–C) groups is 1. The lowest BCUT2D eigenvalue weighted by molar-refractivity contribution is -0.0166. The molecule has 0 spiro atoms. The van der Waals surface area contributed by atoms with E-state index in [0.29, 0.717) is 66.7 Å². The quantitative estimate of drug-likeness (QED) is 0.154. The van der Waals surface area contributed by atoms with Crippen molar-refractivity contribution in [2.45, 2.75) is 102 Å². The smallest absolute Gasteiger partial charge is 0.256 e. The normalized spacial score (nSPS) is 21.1. The predicted octanol–water partition coefficient (Wildman–Crippen LogP) is 4.89. The first-order valence-corrected chi connectivity index (χ1v) is 17.1. The fourth-order valence-electron chi connectivity index (χ4n) is 5.83. The molecule has 3 aromatic rings. The van der Waals surface area contributed by atoms with E-state index in [2.05, 4.69) is 45.5 Å². The van der Waals surface area contributed by atoms with Gasteiger partial charge >= 0.3 is 0 Å². The number of nitrogens with two attached hydrogens (primary N) is 1. The van der Waals surface area contributed by atoms with Crippen LogP contribution in [-0.4, -0.2) is 81.3 Å². The summed E-state index contributed by atoms with van der Waals surface area (Å²) >= 11 is 0. The third kappa shape index (κ3) is 10.1. The highest BCUT2D eigenvalue weighted by atomic mass is 16.5. The van der Waals surface area contributed by atoms with Crippen LogP contribution in [0, 0.1) is 11.3 Å². The fraction of sp³-hybridized carbons (Fsp3) is 0.571. The van der Waals surface area contributed by atoms with E-state index in [0.717, 1.165) is 49.9 Å². The van der Waals surface area contributed by atoms with Gasteiger partial charge < -0.3 is 35.7 Å². The van der Waals surface area contributed by atoms with Crippen molar-refractivity contribution in [3.63, 3.8) is 0 Å². The number of aliphatic hydroxyl groups is 1. The molecule has 3 atom stereocenters. The second-order valence-electron chi connectivity index (χ2n) is 13.0.